The summed E-state index contributed by atoms with van der Waals surface area (Å²) < 4.78 is 10.4. The Labute approximate surface area is 147 Å². The summed E-state index contributed by atoms with van der Waals surface area (Å²) in [6.07, 6.45) is -0.0508. The lowest BCUT2D eigenvalue weighted by Gasteiger charge is -2.25. The fourth-order valence-corrected chi connectivity index (χ4v) is 3.24. The van der Waals surface area contributed by atoms with E-state index in [1.165, 1.54) is 7.11 Å². The average molecular weight is 342 g/mol. The normalized spacial score (nSPS) is 19.8. The molecular formula is C19H22N2O4. The first-order valence-corrected chi connectivity index (χ1v) is 8.17. The molecule has 1 N–H and O–H groups in total. The summed E-state index contributed by atoms with van der Waals surface area (Å²) >= 11 is 0. The largest absolute Gasteiger partial charge is 0.497 e. The summed E-state index contributed by atoms with van der Waals surface area (Å²) in [7, 11) is 3.13. The fourth-order valence-electron chi connectivity index (χ4n) is 3.24. The fraction of sp³-hybridized carbons (Fsp3) is 0.368. The van der Waals surface area contributed by atoms with Crippen LogP contribution in [0.3, 0.4) is 0 Å². The lowest BCUT2D eigenvalue weighted by molar-refractivity contribution is 0.0715. The van der Waals surface area contributed by atoms with Crippen LogP contribution in [0.1, 0.15) is 34.1 Å². The summed E-state index contributed by atoms with van der Waals surface area (Å²) in [5.74, 6) is 0.988. The van der Waals surface area contributed by atoms with Crippen LogP contribution in [-0.4, -0.2) is 47.8 Å². The minimum absolute atomic E-state index is 0.145. The van der Waals surface area contributed by atoms with Gasteiger partial charge in [0.2, 0.25) is 5.88 Å². The van der Waals surface area contributed by atoms with Crippen LogP contribution in [0.5, 0.6) is 11.6 Å². The number of methoxy groups -OCH3 is 2. The molecule has 1 aromatic heterocycles. The third-order valence-electron chi connectivity index (χ3n) is 4.40. The number of amides is 1. The van der Waals surface area contributed by atoms with Gasteiger partial charge in [-0.2, -0.15) is 0 Å². The maximum absolute atomic E-state index is 13.1. The summed E-state index contributed by atoms with van der Waals surface area (Å²) in [6.45, 7) is 2.11. The number of rotatable bonds is 4. The van der Waals surface area contributed by atoms with Crippen LogP contribution in [0.4, 0.5) is 0 Å². The van der Waals surface area contributed by atoms with Crippen molar-refractivity contribution in [3.8, 4) is 11.6 Å². The van der Waals surface area contributed by atoms with E-state index < -0.39 is 6.10 Å². The third-order valence-corrected chi connectivity index (χ3v) is 4.40. The molecule has 0 bridgehead atoms. The maximum atomic E-state index is 13.1. The molecule has 132 valence electrons. The number of aliphatic hydroxyl groups excluding tert-OH is 1. The Morgan fingerprint density at radius 1 is 1.24 bits per heavy atom. The number of hydrogen-bond donors (Lipinski definition) is 1. The molecule has 1 aromatic carbocycles. The van der Waals surface area contributed by atoms with Crippen molar-refractivity contribution in [2.24, 2.45) is 0 Å². The monoisotopic (exact) mass is 342 g/mol. The van der Waals surface area contributed by atoms with E-state index in [2.05, 4.69) is 4.98 Å². The topological polar surface area (TPSA) is 71.9 Å². The van der Waals surface area contributed by atoms with E-state index in [0.717, 1.165) is 11.3 Å². The molecule has 6 heteroatoms. The number of aromatic nitrogens is 1. The highest BCUT2D eigenvalue weighted by Gasteiger charge is 2.36. The average Bonchev–Trinajstić information content (AvgIpc) is 3.02. The van der Waals surface area contributed by atoms with Crippen LogP contribution in [0, 0.1) is 6.92 Å². The molecule has 2 heterocycles. The van der Waals surface area contributed by atoms with Gasteiger partial charge in [0.25, 0.3) is 5.91 Å². The second kappa shape index (κ2) is 7.11. The van der Waals surface area contributed by atoms with Gasteiger partial charge in [0.05, 0.1) is 26.4 Å². The van der Waals surface area contributed by atoms with Crippen LogP contribution >= 0.6 is 0 Å². The minimum Gasteiger partial charge on any atom is -0.497 e. The minimum atomic E-state index is -0.551. The molecule has 1 aliphatic heterocycles. The van der Waals surface area contributed by atoms with E-state index in [4.69, 9.17) is 9.47 Å². The highest BCUT2D eigenvalue weighted by atomic mass is 16.5. The molecule has 0 saturated carbocycles. The molecular weight excluding hydrogens is 320 g/mol. The number of aryl methyl sites for hydroxylation is 1. The van der Waals surface area contributed by atoms with E-state index >= 15 is 0 Å². The van der Waals surface area contributed by atoms with Gasteiger partial charge in [0.1, 0.15) is 5.75 Å². The predicted octanol–water partition coefficient (Wildman–Crippen LogP) is 2.36. The quantitative estimate of drug-likeness (QED) is 0.923. The number of β-amino-alcohol motifs (C(OH)–C–C–N with tert-alkyl or cyclic N) is 1. The molecule has 0 aliphatic carbocycles. The van der Waals surface area contributed by atoms with E-state index in [9.17, 15) is 9.90 Å². The first kappa shape index (κ1) is 17.2. The smallest absolute Gasteiger partial charge is 0.254 e. The van der Waals surface area contributed by atoms with Gasteiger partial charge >= 0.3 is 0 Å². The van der Waals surface area contributed by atoms with E-state index in [-0.39, 0.29) is 11.9 Å². The van der Waals surface area contributed by atoms with Crippen LogP contribution in [0.15, 0.2) is 36.4 Å². The van der Waals surface area contributed by atoms with Gasteiger partial charge in [0, 0.05) is 23.9 Å². The zero-order valence-corrected chi connectivity index (χ0v) is 14.6. The van der Waals surface area contributed by atoms with Crippen LogP contribution in [-0.2, 0) is 0 Å². The molecule has 25 heavy (non-hydrogen) atoms. The second-order valence-corrected chi connectivity index (χ2v) is 6.18. The highest BCUT2D eigenvalue weighted by Crippen LogP contribution is 2.35. The van der Waals surface area contributed by atoms with Crippen molar-refractivity contribution in [1.82, 2.24) is 9.88 Å². The van der Waals surface area contributed by atoms with Gasteiger partial charge < -0.3 is 19.5 Å². The zero-order chi connectivity index (χ0) is 18.0. The summed E-state index contributed by atoms with van der Waals surface area (Å²) in [5, 5.41) is 10.1. The van der Waals surface area contributed by atoms with E-state index in [0.29, 0.717) is 30.1 Å². The molecule has 1 amide bonds. The van der Waals surface area contributed by atoms with Gasteiger partial charge in [-0.3, -0.25) is 4.79 Å². The van der Waals surface area contributed by atoms with Crippen LogP contribution in [0.2, 0.25) is 0 Å². The van der Waals surface area contributed by atoms with Crippen molar-refractivity contribution >= 4 is 5.91 Å². The van der Waals surface area contributed by atoms with Gasteiger partial charge in [0.15, 0.2) is 0 Å². The Morgan fingerprint density at radius 3 is 2.76 bits per heavy atom. The third kappa shape index (κ3) is 3.58. The highest BCUT2D eigenvalue weighted by molar-refractivity contribution is 5.95. The Balaban J connectivity index is 1.93. The van der Waals surface area contributed by atoms with Crippen molar-refractivity contribution in [2.75, 3.05) is 20.8 Å². The first-order chi connectivity index (χ1) is 12.0. The van der Waals surface area contributed by atoms with Gasteiger partial charge in [-0.25, -0.2) is 4.98 Å². The molecule has 0 spiro atoms. The maximum Gasteiger partial charge on any atom is 0.254 e. The molecule has 2 aromatic rings. The Morgan fingerprint density at radius 2 is 2.04 bits per heavy atom. The molecule has 2 atom stereocenters. The molecule has 0 radical (unpaired) electrons. The lowest BCUT2D eigenvalue weighted by Crippen LogP contribution is -2.32. The first-order valence-electron chi connectivity index (χ1n) is 8.17. The van der Waals surface area contributed by atoms with E-state index in [1.807, 2.05) is 31.2 Å². The van der Waals surface area contributed by atoms with Crippen molar-refractivity contribution in [1.29, 1.82) is 0 Å². The number of hydrogen-bond acceptors (Lipinski definition) is 5. The zero-order valence-electron chi connectivity index (χ0n) is 14.6. The molecule has 6 nitrogen and oxygen atoms in total. The van der Waals surface area contributed by atoms with Gasteiger partial charge in [-0.15, -0.1) is 0 Å². The van der Waals surface area contributed by atoms with Crippen LogP contribution < -0.4 is 9.47 Å². The standard InChI is InChI=1S/C19H22N2O4/c1-12-7-14(9-18(20-12)25-3)19(23)21-11-15(22)10-17(21)13-5-4-6-16(8-13)24-2/h4-9,15,17,22H,10-11H2,1-3H3/t15-,17+/m0/s1. The number of carbonyl (C=O) groups excluding carboxylic acids is 1. The summed E-state index contributed by atoms with van der Waals surface area (Å²) in [6, 6.07) is 10.8. The summed E-state index contributed by atoms with van der Waals surface area (Å²) in [5.41, 5.74) is 2.16. The summed E-state index contributed by atoms with van der Waals surface area (Å²) in [4.78, 5) is 19.0. The van der Waals surface area contributed by atoms with Crippen LogP contribution in [0.25, 0.3) is 0 Å². The SMILES string of the molecule is COc1cccc([C@H]2C[C@H](O)CN2C(=O)c2cc(C)nc(OC)c2)c1. The lowest BCUT2D eigenvalue weighted by atomic mass is 10.0. The Bertz CT molecular complexity index is 778. The number of pyridine rings is 1. The molecule has 0 unspecified atom stereocenters. The number of ether oxygens (including phenoxy) is 2. The van der Waals surface area contributed by atoms with Crippen molar-refractivity contribution in [3.05, 3.63) is 53.2 Å². The number of benzene rings is 1. The molecule has 3 rings (SSSR count). The van der Waals surface area contributed by atoms with Gasteiger partial charge in [-0.05, 0) is 37.1 Å². The Hall–Kier alpha value is -2.60. The van der Waals surface area contributed by atoms with E-state index in [1.54, 1.807) is 24.1 Å². The predicted molar refractivity (Wildman–Crippen MR) is 92.9 cm³/mol. The van der Waals surface area contributed by atoms with Crippen molar-refractivity contribution < 1.29 is 19.4 Å². The molecule has 1 aliphatic rings. The molecule has 1 saturated heterocycles. The van der Waals surface area contributed by atoms with Crippen molar-refractivity contribution in [2.45, 2.75) is 25.5 Å². The second-order valence-electron chi connectivity index (χ2n) is 6.18. The number of aliphatic hydroxyl groups is 1. The number of nitrogens with zero attached hydrogens (tertiary/aromatic N) is 2. The number of likely N-dealkylation sites (tertiary alicyclic amines) is 1. The van der Waals surface area contributed by atoms with Crippen molar-refractivity contribution in [3.63, 3.8) is 0 Å². The molecule has 1 fully saturated rings. The Kier molecular flexibility index (Phi) is 4.90. The number of carbonyl (C=O) groups is 1. The van der Waals surface area contributed by atoms with Gasteiger partial charge in [-0.1, -0.05) is 12.1 Å².